The summed E-state index contributed by atoms with van der Waals surface area (Å²) in [5.74, 6) is 0.861. The van der Waals surface area contributed by atoms with Gasteiger partial charge in [0.05, 0.1) is 12.7 Å². The number of aromatic nitrogens is 2. The van der Waals surface area contributed by atoms with Crippen LogP contribution in [0.2, 0.25) is 0 Å². The summed E-state index contributed by atoms with van der Waals surface area (Å²) in [6.07, 6.45) is 0.0214. The van der Waals surface area contributed by atoms with E-state index < -0.39 is 0 Å². The number of carbonyl (C=O) groups excluding carboxylic acids is 1. The van der Waals surface area contributed by atoms with Gasteiger partial charge in [0.25, 0.3) is 0 Å². The van der Waals surface area contributed by atoms with Crippen LogP contribution in [0, 0.1) is 0 Å². The van der Waals surface area contributed by atoms with Crippen LogP contribution in [0.4, 0.5) is 4.79 Å². The van der Waals surface area contributed by atoms with E-state index in [-0.39, 0.29) is 25.3 Å². The third-order valence-electron chi connectivity index (χ3n) is 3.60. The molecule has 1 aliphatic rings. The maximum absolute atomic E-state index is 12.3. The molecule has 1 fully saturated rings. The van der Waals surface area contributed by atoms with E-state index in [0.717, 1.165) is 13.1 Å². The minimum Gasteiger partial charge on any atom is -0.377 e. The van der Waals surface area contributed by atoms with Crippen LogP contribution in [0.5, 0.6) is 0 Å². The minimum atomic E-state index is -0.171. The standard InChI is InChI=1S/C14H25N5O4/c1-4-19(9-13-16-12(10-21-3)17-23-13)14(20)15-7-11-8-18(2)5-6-22-11/h11H,4-10H2,1-3H3,(H,15,20)/t11-/m0/s1. The summed E-state index contributed by atoms with van der Waals surface area (Å²) in [7, 11) is 3.61. The van der Waals surface area contributed by atoms with Gasteiger partial charge in [-0.15, -0.1) is 0 Å². The number of morpholine rings is 1. The number of hydrogen-bond acceptors (Lipinski definition) is 7. The molecule has 1 N–H and O–H groups in total. The summed E-state index contributed by atoms with van der Waals surface area (Å²) < 4.78 is 15.7. The predicted molar refractivity (Wildman–Crippen MR) is 81.7 cm³/mol. The van der Waals surface area contributed by atoms with Crippen molar-refractivity contribution in [3.63, 3.8) is 0 Å². The van der Waals surface area contributed by atoms with E-state index in [9.17, 15) is 4.79 Å². The van der Waals surface area contributed by atoms with E-state index in [0.29, 0.717) is 31.4 Å². The highest BCUT2D eigenvalue weighted by Gasteiger charge is 2.21. The highest BCUT2D eigenvalue weighted by Crippen LogP contribution is 2.05. The van der Waals surface area contributed by atoms with Crippen LogP contribution in [-0.2, 0) is 22.6 Å². The lowest BCUT2D eigenvalue weighted by molar-refractivity contribution is -0.0172. The number of hydrogen-bond donors (Lipinski definition) is 1. The molecule has 2 heterocycles. The molecular formula is C14H25N5O4. The van der Waals surface area contributed by atoms with Crippen LogP contribution in [0.25, 0.3) is 0 Å². The Bertz CT molecular complexity index is 495. The molecule has 1 saturated heterocycles. The van der Waals surface area contributed by atoms with E-state index in [1.165, 1.54) is 0 Å². The molecule has 0 aliphatic carbocycles. The van der Waals surface area contributed by atoms with Crippen LogP contribution >= 0.6 is 0 Å². The quantitative estimate of drug-likeness (QED) is 0.758. The third kappa shape index (κ3) is 5.45. The molecule has 23 heavy (non-hydrogen) atoms. The Hall–Kier alpha value is -1.71. The van der Waals surface area contributed by atoms with Gasteiger partial charge < -0.3 is 29.1 Å². The lowest BCUT2D eigenvalue weighted by Crippen LogP contribution is -2.48. The maximum atomic E-state index is 12.3. The minimum absolute atomic E-state index is 0.0214. The molecule has 2 rings (SSSR count). The first-order valence-electron chi connectivity index (χ1n) is 7.75. The van der Waals surface area contributed by atoms with Crippen molar-refractivity contribution >= 4 is 6.03 Å². The zero-order valence-corrected chi connectivity index (χ0v) is 13.9. The van der Waals surface area contributed by atoms with Crippen LogP contribution in [-0.4, -0.2) is 79.0 Å². The monoisotopic (exact) mass is 327 g/mol. The van der Waals surface area contributed by atoms with E-state index >= 15 is 0 Å². The first-order valence-corrected chi connectivity index (χ1v) is 7.75. The second-order valence-electron chi connectivity index (χ2n) is 5.49. The van der Waals surface area contributed by atoms with Crippen molar-refractivity contribution in [1.82, 2.24) is 25.3 Å². The number of amides is 2. The van der Waals surface area contributed by atoms with Gasteiger partial charge >= 0.3 is 6.03 Å². The zero-order valence-electron chi connectivity index (χ0n) is 13.9. The van der Waals surface area contributed by atoms with Crippen molar-refractivity contribution in [3.8, 4) is 0 Å². The Kier molecular flexibility index (Phi) is 6.75. The largest absolute Gasteiger partial charge is 0.377 e. The van der Waals surface area contributed by atoms with E-state index in [1.807, 2.05) is 14.0 Å². The van der Waals surface area contributed by atoms with Gasteiger partial charge in [0.2, 0.25) is 5.89 Å². The maximum Gasteiger partial charge on any atom is 0.317 e. The Morgan fingerprint density at radius 2 is 2.39 bits per heavy atom. The number of likely N-dealkylation sites (N-methyl/N-ethyl adjacent to an activating group) is 1. The molecular weight excluding hydrogens is 302 g/mol. The molecule has 2 amide bonds. The van der Waals surface area contributed by atoms with Crippen molar-refractivity contribution in [1.29, 1.82) is 0 Å². The summed E-state index contributed by atoms with van der Waals surface area (Å²) in [5, 5.41) is 6.68. The smallest absolute Gasteiger partial charge is 0.317 e. The number of ether oxygens (including phenoxy) is 2. The van der Waals surface area contributed by atoms with Crippen molar-refractivity contribution < 1.29 is 18.8 Å². The fourth-order valence-corrected chi connectivity index (χ4v) is 2.34. The van der Waals surface area contributed by atoms with Crippen LogP contribution < -0.4 is 5.32 Å². The molecule has 0 saturated carbocycles. The van der Waals surface area contributed by atoms with Crippen LogP contribution in [0.1, 0.15) is 18.6 Å². The number of methoxy groups -OCH3 is 1. The molecule has 130 valence electrons. The van der Waals surface area contributed by atoms with E-state index in [4.69, 9.17) is 14.0 Å². The summed E-state index contributed by atoms with van der Waals surface area (Å²) in [4.78, 5) is 20.2. The van der Waals surface area contributed by atoms with Gasteiger partial charge in [-0.2, -0.15) is 4.98 Å². The lowest BCUT2D eigenvalue weighted by atomic mass is 10.3. The molecule has 0 radical (unpaired) electrons. The Morgan fingerprint density at radius 1 is 1.57 bits per heavy atom. The van der Waals surface area contributed by atoms with Crippen molar-refractivity contribution in [2.75, 3.05) is 46.9 Å². The fraction of sp³-hybridized carbons (Fsp3) is 0.786. The van der Waals surface area contributed by atoms with E-state index in [1.54, 1.807) is 12.0 Å². The number of carbonyl (C=O) groups is 1. The van der Waals surface area contributed by atoms with Gasteiger partial charge in [0, 0.05) is 33.3 Å². The van der Waals surface area contributed by atoms with Gasteiger partial charge in [-0.1, -0.05) is 5.16 Å². The second-order valence-corrected chi connectivity index (χ2v) is 5.49. The molecule has 0 unspecified atom stereocenters. The topological polar surface area (TPSA) is 93.0 Å². The molecule has 0 spiro atoms. The summed E-state index contributed by atoms with van der Waals surface area (Å²) >= 11 is 0. The Morgan fingerprint density at radius 3 is 3.09 bits per heavy atom. The SMILES string of the molecule is CCN(Cc1nc(COC)no1)C(=O)NC[C@H]1CN(C)CCO1. The van der Waals surface area contributed by atoms with Crippen molar-refractivity contribution in [3.05, 3.63) is 11.7 Å². The second kappa shape index (κ2) is 8.80. The fourth-order valence-electron chi connectivity index (χ4n) is 2.34. The summed E-state index contributed by atoms with van der Waals surface area (Å²) in [5.41, 5.74) is 0. The number of nitrogens with one attached hydrogen (secondary N) is 1. The van der Waals surface area contributed by atoms with Gasteiger partial charge in [-0.05, 0) is 14.0 Å². The molecule has 1 aromatic heterocycles. The lowest BCUT2D eigenvalue weighted by Gasteiger charge is -2.30. The van der Waals surface area contributed by atoms with E-state index in [2.05, 4.69) is 20.4 Å². The molecule has 0 bridgehead atoms. The van der Waals surface area contributed by atoms with Gasteiger partial charge in [-0.25, -0.2) is 4.79 Å². The van der Waals surface area contributed by atoms with Gasteiger partial charge in [-0.3, -0.25) is 0 Å². The van der Waals surface area contributed by atoms with Gasteiger partial charge in [0.1, 0.15) is 13.2 Å². The predicted octanol–water partition coefficient (Wildman–Crippen LogP) is 0.0781. The number of urea groups is 1. The van der Waals surface area contributed by atoms with Gasteiger partial charge in [0.15, 0.2) is 5.82 Å². The highest BCUT2D eigenvalue weighted by molar-refractivity contribution is 5.74. The molecule has 9 nitrogen and oxygen atoms in total. The normalized spacial score (nSPS) is 18.8. The first kappa shape index (κ1) is 17.6. The Balaban J connectivity index is 1.80. The van der Waals surface area contributed by atoms with Crippen molar-refractivity contribution in [2.24, 2.45) is 0 Å². The van der Waals surface area contributed by atoms with Crippen molar-refractivity contribution in [2.45, 2.75) is 26.2 Å². The molecule has 1 aliphatic heterocycles. The molecule has 1 atom stereocenters. The molecule has 9 heteroatoms. The number of rotatable bonds is 7. The number of nitrogens with zero attached hydrogens (tertiary/aromatic N) is 4. The Labute approximate surface area is 135 Å². The molecule has 0 aromatic carbocycles. The highest BCUT2D eigenvalue weighted by atomic mass is 16.5. The van der Waals surface area contributed by atoms with Crippen LogP contribution in [0.15, 0.2) is 4.52 Å². The average molecular weight is 327 g/mol. The average Bonchev–Trinajstić information content (AvgIpc) is 2.98. The molecule has 1 aromatic rings. The zero-order chi connectivity index (χ0) is 16.7. The summed E-state index contributed by atoms with van der Waals surface area (Å²) in [6.45, 7) is 5.91. The summed E-state index contributed by atoms with van der Waals surface area (Å²) in [6, 6.07) is -0.171. The first-order chi connectivity index (χ1) is 11.1. The third-order valence-corrected chi connectivity index (χ3v) is 3.60. The van der Waals surface area contributed by atoms with Crippen LogP contribution in [0.3, 0.4) is 0 Å².